The molecule has 10 nitrogen and oxygen atoms in total. The number of carbonyl (C=O) groups excluding carboxylic acids is 1. The van der Waals surface area contributed by atoms with Crippen LogP contribution in [0.3, 0.4) is 0 Å². The van der Waals surface area contributed by atoms with Gasteiger partial charge in [-0.1, -0.05) is 0 Å². The molecule has 3 aliphatic carbocycles. The molecule has 0 aliphatic heterocycles. The van der Waals surface area contributed by atoms with Gasteiger partial charge in [0.15, 0.2) is 0 Å². The molecule has 0 saturated heterocycles. The van der Waals surface area contributed by atoms with E-state index in [1.54, 1.807) is 0 Å². The molecule has 3 N–H and O–H groups in total. The van der Waals surface area contributed by atoms with E-state index in [4.69, 9.17) is 13.1 Å². The van der Waals surface area contributed by atoms with Crippen LogP contribution < -0.4 is 32.4 Å². The number of pyridine rings is 1. The SMILES string of the molecule is CC(C)[I-]ONC(=O)[C@H]1C2CCC(CC2)[C@@H]1Nc1nc(-c2[nH]nc3ncc(F)cc23)nc2c1ccn2C. The van der Waals surface area contributed by atoms with Gasteiger partial charge in [-0.15, -0.1) is 0 Å². The van der Waals surface area contributed by atoms with Crippen LogP contribution in [0.4, 0.5) is 10.2 Å². The molecule has 1 amide bonds. The number of nitrogens with zero attached hydrogens (tertiary/aromatic N) is 5. The summed E-state index contributed by atoms with van der Waals surface area (Å²) in [7, 11) is 1.92. The van der Waals surface area contributed by atoms with Gasteiger partial charge >= 0.3 is 203 Å². The second-order valence-corrected chi connectivity index (χ2v) is 13.6. The van der Waals surface area contributed by atoms with Crippen molar-refractivity contribution in [2.24, 2.45) is 24.8 Å². The van der Waals surface area contributed by atoms with Gasteiger partial charge in [-0.2, -0.15) is 0 Å². The van der Waals surface area contributed by atoms with Crippen LogP contribution in [0, 0.1) is 23.6 Å². The molecule has 196 valence electrons. The third kappa shape index (κ3) is 4.54. The van der Waals surface area contributed by atoms with Crippen LogP contribution in [0.25, 0.3) is 33.6 Å². The molecule has 4 aromatic rings. The average molecular weight is 619 g/mol. The number of alkyl halides is 1. The number of rotatable bonds is 7. The zero-order valence-corrected chi connectivity index (χ0v) is 23.0. The van der Waals surface area contributed by atoms with Crippen molar-refractivity contribution in [3.63, 3.8) is 0 Å². The van der Waals surface area contributed by atoms with E-state index in [9.17, 15) is 9.18 Å². The molecule has 3 fully saturated rings. The first-order valence-electron chi connectivity index (χ1n) is 12.6. The van der Waals surface area contributed by atoms with E-state index < -0.39 is 27.4 Å². The molecule has 0 spiro atoms. The summed E-state index contributed by atoms with van der Waals surface area (Å²) in [6.45, 7) is 4.19. The fraction of sp³-hybridized carbons (Fsp3) is 0.480. The molecule has 4 aromatic heterocycles. The van der Waals surface area contributed by atoms with Crippen molar-refractivity contribution in [3.8, 4) is 11.5 Å². The summed E-state index contributed by atoms with van der Waals surface area (Å²) in [6, 6.07) is 3.28. The number of carbonyl (C=O) groups is 1. The Hall–Kier alpha value is -2.87. The van der Waals surface area contributed by atoms with Crippen molar-refractivity contribution in [1.82, 2.24) is 35.2 Å². The molecule has 0 radical (unpaired) electrons. The minimum atomic E-state index is -0.544. The van der Waals surface area contributed by atoms with Gasteiger partial charge in [0, 0.05) is 0 Å². The summed E-state index contributed by atoms with van der Waals surface area (Å²) in [4.78, 5) is 27.0. The molecule has 4 heterocycles. The van der Waals surface area contributed by atoms with Gasteiger partial charge in [0.05, 0.1) is 6.20 Å². The number of H-pyrrole nitrogens is 1. The Bertz CT molecular complexity index is 1460. The topological polar surface area (TPSA) is 123 Å². The molecule has 0 aromatic carbocycles. The van der Waals surface area contributed by atoms with Crippen LogP contribution >= 0.6 is 0 Å². The van der Waals surface area contributed by atoms with E-state index in [-0.39, 0.29) is 17.9 Å². The molecule has 3 saturated carbocycles. The number of aryl methyl sites for hydroxylation is 1. The Morgan fingerprint density at radius 2 is 2.00 bits per heavy atom. The number of hydrogen-bond acceptors (Lipinski definition) is 7. The van der Waals surface area contributed by atoms with E-state index in [0.717, 1.165) is 42.9 Å². The Morgan fingerprint density at radius 3 is 2.78 bits per heavy atom. The second-order valence-electron chi connectivity index (χ2n) is 10.2. The molecule has 7 rings (SSSR count). The van der Waals surface area contributed by atoms with Crippen LogP contribution in [0.1, 0.15) is 39.5 Å². The second kappa shape index (κ2) is 9.78. The van der Waals surface area contributed by atoms with E-state index in [2.05, 4.69) is 39.8 Å². The number of aromatic nitrogens is 6. The Labute approximate surface area is 223 Å². The fourth-order valence-electron chi connectivity index (χ4n) is 5.81. The van der Waals surface area contributed by atoms with E-state index >= 15 is 0 Å². The molecular weight excluding hydrogens is 590 g/mol. The van der Waals surface area contributed by atoms with Crippen LogP contribution in [-0.2, 0) is 15.0 Å². The molecule has 0 unspecified atom stereocenters. The van der Waals surface area contributed by atoms with Gasteiger partial charge < -0.3 is 0 Å². The number of hydroxylamine groups is 1. The standard InChI is InChI=1S/C25H29FIN8O2/c1-12(2)27-37-34-25(36)18-13-4-6-14(7-5-13)19(18)29-22-16-8-9-35(3)24(16)31-23(30-22)20-17-10-15(26)11-28-21(17)33-32-20/h8-14,18-19H,4-7H2,1-3H3,(H,34,36)(H,28,32,33)(H,29,30,31)/q-1/t13?,14?,18-,19-/m0/s1. The van der Waals surface area contributed by atoms with E-state index in [0.29, 0.717) is 44.1 Å². The molecular formula is C25H29FIN8O2-. The van der Waals surface area contributed by atoms with Crippen LogP contribution in [0.5, 0.6) is 0 Å². The van der Waals surface area contributed by atoms with Gasteiger partial charge in [-0.25, -0.2) is 9.37 Å². The molecule has 12 heteroatoms. The third-order valence-electron chi connectivity index (χ3n) is 7.51. The number of fused-ring (bicyclic) bond motifs is 5. The Morgan fingerprint density at radius 1 is 1.22 bits per heavy atom. The summed E-state index contributed by atoms with van der Waals surface area (Å²) in [5.74, 6) is 1.00. The van der Waals surface area contributed by atoms with Crippen molar-refractivity contribution in [2.45, 2.75) is 49.5 Å². The van der Waals surface area contributed by atoms with E-state index in [1.165, 1.54) is 6.07 Å². The van der Waals surface area contributed by atoms with Gasteiger partial charge in [0.2, 0.25) is 0 Å². The van der Waals surface area contributed by atoms with Crippen molar-refractivity contribution < 1.29 is 34.0 Å². The summed E-state index contributed by atoms with van der Waals surface area (Å²) < 4.78 is 22.0. The predicted molar refractivity (Wildman–Crippen MR) is 132 cm³/mol. The number of amides is 1. The zero-order valence-electron chi connectivity index (χ0n) is 20.8. The number of aromatic amines is 1. The maximum absolute atomic E-state index is 14.0. The van der Waals surface area contributed by atoms with Crippen LogP contribution in [0.2, 0.25) is 0 Å². The monoisotopic (exact) mass is 619 g/mol. The maximum atomic E-state index is 14.0. The number of anilines is 1. The number of nitrogens with one attached hydrogen (secondary N) is 3. The molecule has 2 bridgehead atoms. The summed E-state index contributed by atoms with van der Waals surface area (Å²) in [6.07, 6.45) is 7.33. The fourth-order valence-corrected chi connectivity index (χ4v) is 6.67. The summed E-state index contributed by atoms with van der Waals surface area (Å²) in [5, 5.41) is 12.2. The Balaban J connectivity index is 1.38. The van der Waals surface area contributed by atoms with Crippen LogP contribution in [-0.4, -0.2) is 45.6 Å². The predicted octanol–water partition coefficient (Wildman–Crippen LogP) is 0.723. The minimum absolute atomic E-state index is 0.0491. The molecule has 3 aliphatic rings. The first-order chi connectivity index (χ1) is 17.9. The quantitative estimate of drug-likeness (QED) is 0.158. The van der Waals surface area contributed by atoms with Crippen molar-refractivity contribution in [3.05, 3.63) is 30.3 Å². The normalized spacial score (nSPS) is 23.4. The first-order valence-corrected chi connectivity index (χ1v) is 14.7. The number of halogens is 2. The summed E-state index contributed by atoms with van der Waals surface area (Å²) >= 11 is -0.544. The van der Waals surface area contributed by atoms with E-state index in [1.807, 2.05) is 23.9 Å². The van der Waals surface area contributed by atoms with Crippen LogP contribution in [0.15, 0.2) is 24.5 Å². The molecule has 2 atom stereocenters. The zero-order chi connectivity index (χ0) is 25.7. The number of hydrogen-bond donors (Lipinski definition) is 3. The summed E-state index contributed by atoms with van der Waals surface area (Å²) in [5.41, 5.74) is 4.38. The molecule has 37 heavy (non-hydrogen) atoms. The van der Waals surface area contributed by atoms with Gasteiger partial charge in [-0.3, -0.25) is 0 Å². The Kier molecular flexibility index (Phi) is 6.47. The van der Waals surface area contributed by atoms with Crippen molar-refractivity contribution in [2.75, 3.05) is 5.32 Å². The van der Waals surface area contributed by atoms with Gasteiger partial charge in [0.25, 0.3) is 0 Å². The van der Waals surface area contributed by atoms with Gasteiger partial charge in [-0.05, 0) is 0 Å². The third-order valence-corrected chi connectivity index (χ3v) is 9.00. The van der Waals surface area contributed by atoms with Crippen molar-refractivity contribution in [1.29, 1.82) is 0 Å². The first kappa shape index (κ1) is 24.5. The van der Waals surface area contributed by atoms with Crippen molar-refractivity contribution >= 4 is 33.8 Å². The van der Waals surface area contributed by atoms with Gasteiger partial charge in [0.1, 0.15) is 5.82 Å². The average Bonchev–Trinajstić information content (AvgIpc) is 3.47.